The second-order valence-corrected chi connectivity index (χ2v) is 2.61. The van der Waals surface area contributed by atoms with Gasteiger partial charge in [0, 0.05) is 12.1 Å². The number of pyridine rings is 1. The van der Waals surface area contributed by atoms with Gasteiger partial charge in [0.15, 0.2) is 5.75 Å². The van der Waals surface area contributed by atoms with Gasteiger partial charge in [-0.2, -0.15) is 0 Å². The Morgan fingerprint density at radius 2 is 2.21 bits per heavy atom. The predicted octanol–water partition coefficient (Wildman–Crippen LogP) is 1.07. The van der Waals surface area contributed by atoms with E-state index in [2.05, 4.69) is 4.98 Å². The number of halogens is 2. The van der Waals surface area contributed by atoms with E-state index in [0.717, 1.165) is 6.20 Å². The van der Waals surface area contributed by atoms with Crippen LogP contribution in [0.1, 0.15) is 17.7 Å². The Kier molecular flexibility index (Phi) is 3.19. The minimum absolute atomic E-state index is 0.0876. The molecule has 1 heterocycles. The molecule has 4 N–H and O–H groups in total. The van der Waals surface area contributed by atoms with Gasteiger partial charge in [-0.05, 0) is 0 Å². The lowest BCUT2D eigenvalue weighted by molar-refractivity contribution is 0.145. The van der Waals surface area contributed by atoms with Crippen molar-refractivity contribution in [2.45, 2.75) is 13.0 Å². The molecule has 0 amide bonds. The lowest BCUT2D eigenvalue weighted by Gasteiger charge is -2.11. The summed E-state index contributed by atoms with van der Waals surface area (Å²) in [6.07, 6.45) is -1.52. The third kappa shape index (κ3) is 1.74. The number of anilines is 1. The number of nitrogen functional groups attached to an aromatic ring is 1. The zero-order valence-corrected chi connectivity index (χ0v) is 7.63. The summed E-state index contributed by atoms with van der Waals surface area (Å²) in [5.74, 6) is 0.259. The summed E-state index contributed by atoms with van der Waals surface area (Å²) in [5.41, 5.74) is 10.7. The number of rotatable bonds is 3. The number of alkyl halides is 2. The largest absolute Gasteiger partial charge is 0.493 e. The molecular formula is C8H11F2N3O. The first-order valence-corrected chi connectivity index (χ1v) is 3.91. The summed E-state index contributed by atoms with van der Waals surface area (Å²) in [4.78, 5) is 3.55. The fourth-order valence-corrected chi connectivity index (χ4v) is 1.13. The number of nitrogens with zero attached hydrogens (tertiary/aromatic N) is 1. The molecule has 4 nitrogen and oxygen atoms in total. The molecule has 1 aromatic heterocycles. The van der Waals surface area contributed by atoms with Crippen molar-refractivity contribution in [2.24, 2.45) is 5.73 Å². The molecule has 6 heteroatoms. The lowest BCUT2D eigenvalue weighted by Crippen LogP contribution is -2.09. The smallest absolute Gasteiger partial charge is 0.280 e. The van der Waals surface area contributed by atoms with Crippen LogP contribution in [-0.2, 0) is 6.54 Å². The fraction of sp³-hybridized carbons (Fsp3) is 0.375. The van der Waals surface area contributed by atoms with Crippen LogP contribution in [0.2, 0.25) is 0 Å². The second kappa shape index (κ2) is 4.19. The van der Waals surface area contributed by atoms with Crippen molar-refractivity contribution in [2.75, 3.05) is 12.8 Å². The standard InChI is InChI=1S/C8H11F2N3O/c1-14-5-3-13-7(8(9)10)4(2-11)6(5)12/h3,8H,2,11H2,1H3,(H2,12,13). The van der Waals surface area contributed by atoms with Gasteiger partial charge in [0.25, 0.3) is 6.43 Å². The van der Waals surface area contributed by atoms with Gasteiger partial charge in [0.05, 0.1) is 19.0 Å². The van der Waals surface area contributed by atoms with E-state index in [0.29, 0.717) is 0 Å². The van der Waals surface area contributed by atoms with E-state index >= 15 is 0 Å². The van der Waals surface area contributed by atoms with Crippen LogP contribution in [0.15, 0.2) is 6.20 Å². The predicted molar refractivity (Wildman–Crippen MR) is 48.0 cm³/mol. The Bertz CT molecular complexity index is 331. The normalized spacial score (nSPS) is 10.6. The zero-order valence-electron chi connectivity index (χ0n) is 7.63. The number of ether oxygens (including phenoxy) is 1. The second-order valence-electron chi connectivity index (χ2n) is 2.61. The third-order valence-corrected chi connectivity index (χ3v) is 1.85. The zero-order chi connectivity index (χ0) is 10.7. The van der Waals surface area contributed by atoms with E-state index < -0.39 is 6.43 Å². The van der Waals surface area contributed by atoms with Gasteiger partial charge in [0.1, 0.15) is 5.69 Å². The summed E-state index contributed by atoms with van der Waals surface area (Å²) in [7, 11) is 1.38. The van der Waals surface area contributed by atoms with Crippen molar-refractivity contribution in [1.82, 2.24) is 4.98 Å². The molecule has 0 aliphatic carbocycles. The van der Waals surface area contributed by atoms with Crippen LogP contribution in [0.3, 0.4) is 0 Å². The first kappa shape index (κ1) is 10.6. The number of aromatic nitrogens is 1. The van der Waals surface area contributed by atoms with Gasteiger partial charge < -0.3 is 16.2 Å². The lowest BCUT2D eigenvalue weighted by atomic mass is 10.1. The maximum Gasteiger partial charge on any atom is 0.280 e. The van der Waals surface area contributed by atoms with Crippen LogP contribution >= 0.6 is 0 Å². The molecule has 1 aromatic rings. The average Bonchev–Trinajstić information content (AvgIpc) is 2.17. The summed E-state index contributed by atoms with van der Waals surface area (Å²) in [6, 6.07) is 0. The number of hydrogen-bond donors (Lipinski definition) is 2. The van der Waals surface area contributed by atoms with Crippen LogP contribution in [0, 0.1) is 0 Å². The first-order chi connectivity index (χ1) is 6.61. The van der Waals surface area contributed by atoms with Gasteiger partial charge in [-0.1, -0.05) is 0 Å². The summed E-state index contributed by atoms with van der Waals surface area (Å²) in [5, 5.41) is 0. The number of methoxy groups -OCH3 is 1. The van der Waals surface area contributed by atoms with Crippen LogP contribution < -0.4 is 16.2 Å². The van der Waals surface area contributed by atoms with Gasteiger partial charge in [-0.15, -0.1) is 0 Å². The van der Waals surface area contributed by atoms with E-state index in [1.165, 1.54) is 7.11 Å². The Labute approximate surface area is 79.9 Å². The van der Waals surface area contributed by atoms with E-state index in [1.807, 2.05) is 0 Å². The van der Waals surface area contributed by atoms with Crippen molar-refractivity contribution >= 4 is 5.69 Å². The van der Waals surface area contributed by atoms with Crippen molar-refractivity contribution < 1.29 is 13.5 Å². The molecule has 0 bridgehead atoms. The van der Waals surface area contributed by atoms with Gasteiger partial charge in [-0.3, -0.25) is 4.98 Å². The van der Waals surface area contributed by atoms with E-state index in [4.69, 9.17) is 16.2 Å². The molecule has 78 valence electrons. The highest BCUT2D eigenvalue weighted by atomic mass is 19.3. The molecule has 1 rings (SSSR count). The first-order valence-electron chi connectivity index (χ1n) is 3.91. The molecular weight excluding hydrogens is 192 g/mol. The summed E-state index contributed by atoms with van der Waals surface area (Å²) >= 11 is 0. The molecule has 0 radical (unpaired) electrons. The molecule has 14 heavy (non-hydrogen) atoms. The fourth-order valence-electron chi connectivity index (χ4n) is 1.13. The molecule has 0 atom stereocenters. The quantitative estimate of drug-likeness (QED) is 0.770. The Morgan fingerprint density at radius 3 is 2.64 bits per heavy atom. The maximum atomic E-state index is 12.4. The topological polar surface area (TPSA) is 74.2 Å². The summed E-state index contributed by atoms with van der Waals surface area (Å²) < 4.78 is 29.7. The Hall–Kier alpha value is -1.43. The van der Waals surface area contributed by atoms with Crippen molar-refractivity contribution in [3.8, 4) is 5.75 Å². The molecule has 0 saturated carbocycles. The Balaban J connectivity index is 3.28. The third-order valence-electron chi connectivity index (χ3n) is 1.85. The van der Waals surface area contributed by atoms with Gasteiger partial charge >= 0.3 is 0 Å². The molecule has 0 fully saturated rings. The summed E-state index contributed by atoms with van der Waals surface area (Å²) in [6.45, 7) is -0.0876. The van der Waals surface area contributed by atoms with Gasteiger partial charge in [-0.25, -0.2) is 8.78 Å². The highest BCUT2D eigenvalue weighted by molar-refractivity contribution is 5.59. The minimum atomic E-state index is -2.68. The van der Waals surface area contributed by atoms with E-state index in [1.54, 1.807) is 0 Å². The minimum Gasteiger partial charge on any atom is -0.493 e. The van der Waals surface area contributed by atoms with Crippen molar-refractivity contribution in [3.63, 3.8) is 0 Å². The highest BCUT2D eigenvalue weighted by Gasteiger charge is 2.18. The van der Waals surface area contributed by atoms with E-state index in [-0.39, 0.29) is 29.2 Å². The molecule has 0 saturated heterocycles. The van der Waals surface area contributed by atoms with Crippen LogP contribution in [0.4, 0.5) is 14.5 Å². The SMILES string of the molecule is COc1cnc(C(F)F)c(CN)c1N. The maximum absolute atomic E-state index is 12.4. The van der Waals surface area contributed by atoms with Crippen molar-refractivity contribution in [3.05, 3.63) is 17.5 Å². The molecule has 0 unspecified atom stereocenters. The van der Waals surface area contributed by atoms with E-state index in [9.17, 15) is 8.78 Å². The van der Waals surface area contributed by atoms with Crippen LogP contribution in [0.25, 0.3) is 0 Å². The molecule has 0 aliphatic rings. The average molecular weight is 203 g/mol. The van der Waals surface area contributed by atoms with Crippen molar-refractivity contribution in [1.29, 1.82) is 0 Å². The number of hydrogen-bond acceptors (Lipinski definition) is 4. The Morgan fingerprint density at radius 1 is 1.57 bits per heavy atom. The molecule has 0 spiro atoms. The van der Waals surface area contributed by atoms with Crippen LogP contribution in [0.5, 0.6) is 5.75 Å². The van der Waals surface area contributed by atoms with Gasteiger partial charge in [0.2, 0.25) is 0 Å². The molecule has 0 aliphatic heterocycles. The highest BCUT2D eigenvalue weighted by Crippen LogP contribution is 2.30. The number of nitrogens with two attached hydrogens (primary N) is 2. The monoisotopic (exact) mass is 203 g/mol. The molecule has 0 aromatic carbocycles. The van der Waals surface area contributed by atoms with Crippen LogP contribution in [-0.4, -0.2) is 12.1 Å².